The Labute approximate surface area is 110 Å². The van der Waals surface area contributed by atoms with Gasteiger partial charge < -0.3 is 15.6 Å². The van der Waals surface area contributed by atoms with E-state index >= 15 is 0 Å². The molecule has 9 nitrogen and oxygen atoms in total. The second-order valence-electron chi connectivity index (χ2n) is 3.50. The molecule has 0 atom stereocenters. The standard InChI is InChI=1S/C9H16N2O7S/c1-2-18-9(15)3-4-19(16,17)11(5-7(10)12)6-8(13)14/h2-6H2,1H3,(H2,10,12)(H,13,14). The lowest BCUT2D eigenvalue weighted by atomic mass is 10.5. The highest BCUT2D eigenvalue weighted by Crippen LogP contribution is 2.04. The molecule has 0 aliphatic carbocycles. The number of rotatable bonds is 9. The lowest BCUT2D eigenvalue weighted by Crippen LogP contribution is -2.42. The zero-order chi connectivity index (χ0) is 15.1. The number of esters is 1. The number of nitrogens with two attached hydrogens (primary N) is 1. The van der Waals surface area contributed by atoms with Crippen LogP contribution in [-0.4, -0.2) is 61.1 Å². The Morgan fingerprint density at radius 2 is 1.84 bits per heavy atom. The number of hydrogen-bond donors (Lipinski definition) is 2. The van der Waals surface area contributed by atoms with Crippen LogP contribution in [0.1, 0.15) is 13.3 Å². The van der Waals surface area contributed by atoms with Crippen LogP contribution in [0.15, 0.2) is 0 Å². The fourth-order valence-corrected chi connectivity index (χ4v) is 2.47. The van der Waals surface area contributed by atoms with E-state index in [0.717, 1.165) is 0 Å². The monoisotopic (exact) mass is 296 g/mol. The van der Waals surface area contributed by atoms with Gasteiger partial charge in [0.05, 0.1) is 25.3 Å². The first-order valence-corrected chi connectivity index (χ1v) is 6.93. The van der Waals surface area contributed by atoms with Crippen molar-refractivity contribution in [1.82, 2.24) is 4.31 Å². The molecule has 0 heterocycles. The van der Waals surface area contributed by atoms with Crippen LogP contribution in [0.25, 0.3) is 0 Å². The third kappa shape index (κ3) is 7.36. The maximum absolute atomic E-state index is 11.8. The second kappa shape index (κ2) is 7.69. The lowest BCUT2D eigenvalue weighted by molar-refractivity contribution is -0.142. The van der Waals surface area contributed by atoms with Gasteiger partial charge in [-0.15, -0.1) is 0 Å². The van der Waals surface area contributed by atoms with E-state index in [2.05, 4.69) is 4.74 Å². The summed E-state index contributed by atoms with van der Waals surface area (Å²) >= 11 is 0. The Morgan fingerprint density at radius 1 is 1.26 bits per heavy atom. The average molecular weight is 296 g/mol. The molecule has 0 aromatic rings. The molecule has 0 aromatic heterocycles. The molecular weight excluding hydrogens is 280 g/mol. The van der Waals surface area contributed by atoms with Gasteiger partial charge in [0.2, 0.25) is 15.9 Å². The topological polar surface area (TPSA) is 144 Å². The molecule has 0 radical (unpaired) electrons. The number of carbonyl (C=O) groups excluding carboxylic acids is 2. The van der Waals surface area contributed by atoms with E-state index in [0.29, 0.717) is 4.31 Å². The number of nitrogens with zero attached hydrogens (tertiary/aromatic N) is 1. The quantitative estimate of drug-likeness (QED) is 0.475. The Balaban J connectivity index is 4.73. The predicted molar refractivity (Wildman–Crippen MR) is 63.4 cm³/mol. The number of carboxylic acids is 1. The first kappa shape index (κ1) is 17.3. The zero-order valence-corrected chi connectivity index (χ0v) is 11.2. The van der Waals surface area contributed by atoms with E-state index in [9.17, 15) is 22.8 Å². The van der Waals surface area contributed by atoms with Gasteiger partial charge in [-0.3, -0.25) is 14.4 Å². The Morgan fingerprint density at radius 3 is 2.26 bits per heavy atom. The first-order valence-electron chi connectivity index (χ1n) is 5.32. The van der Waals surface area contributed by atoms with E-state index in [1.807, 2.05) is 0 Å². The van der Waals surface area contributed by atoms with Crippen LogP contribution in [0.5, 0.6) is 0 Å². The summed E-state index contributed by atoms with van der Waals surface area (Å²) in [5.41, 5.74) is 4.84. The molecule has 0 bridgehead atoms. The summed E-state index contributed by atoms with van der Waals surface area (Å²) in [5.74, 6) is -3.78. The smallest absolute Gasteiger partial charge is 0.318 e. The van der Waals surface area contributed by atoms with Crippen molar-refractivity contribution in [3.8, 4) is 0 Å². The minimum atomic E-state index is -4.08. The molecule has 0 aromatic carbocycles. The number of aliphatic carboxylic acids is 1. The van der Waals surface area contributed by atoms with Crippen molar-refractivity contribution in [2.24, 2.45) is 5.73 Å². The van der Waals surface area contributed by atoms with E-state index in [1.165, 1.54) is 0 Å². The van der Waals surface area contributed by atoms with Gasteiger partial charge in [0.1, 0.15) is 6.54 Å². The van der Waals surface area contributed by atoms with Crippen LogP contribution in [0.3, 0.4) is 0 Å². The zero-order valence-electron chi connectivity index (χ0n) is 10.4. The Hall–Kier alpha value is -1.68. The highest BCUT2D eigenvalue weighted by atomic mass is 32.2. The molecule has 0 saturated heterocycles. The molecule has 0 rings (SSSR count). The van der Waals surface area contributed by atoms with Crippen molar-refractivity contribution >= 4 is 27.9 Å². The molecule has 19 heavy (non-hydrogen) atoms. The predicted octanol–water partition coefficient (Wildman–Crippen LogP) is -1.86. The van der Waals surface area contributed by atoms with Crippen LogP contribution in [-0.2, 0) is 29.1 Å². The van der Waals surface area contributed by atoms with Gasteiger partial charge >= 0.3 is 11.9 Å². The van der Waals surface area contributed by atoms with Gasteiger partial charge in [-0.25, -0.2) is 8.42 Å². The van der Waals surface area contributed by atoms with Gasteiger partial charge in [-0.2, -0.15) is 4.31 Å². The molecular formula is C9H16N2O7S. The van der Waals surface area contributed by atoms with Crippen molar-refractivity contribution in [3.05, 3.63) is 0 Å². The van der Waals surface area contributed by atoms with Crippen molar-refractivity contribution in [1.29, 1.82) is 0 Å². The molecule has 0 unspecified atom stereocenters. The highest BCUT2D eigenvalue weighted by Gasteiger charge is 2.26. The fraction of sp³-hybridized carbons (Fsp3) is 0.667. The van der Waals surface area contributed by atoms with Gasteiger partial charge in [-0.05, 0) is 6.92 Å². The molecule has 1 amide bonds. The van der Waals surface area contributed by atoms with Gasteiger partial charge in [0.25, 0.3) is 0 Å². The maximum atomic E-state index is 11.8. The second-order valence-corrected chi connectivity index (χ2v) is 5.59. The summed E-state index contributed by atoms with van der Waals surface area (Å²) in [4.78, 5) is 32.3. The van der Waals surface area contributed by atoms with Crippen LogP contribution in [0, 0.1) is 0 Å². The van der Waals surface area contributed by atoms with Gasteiger partial charge in [0.15, 0.2) is 0 Å². The molecule has 10 heteroatoms. The van der Waals surface area contributed by atoms with Crippen LogP contribution in [0.4, 0.5) is 0 Å². The fourth-order valence-electron chi connectivity index (χ4n) is 1.15. The Bertz CT molecular complexity index is 429. The van der Waals surface area contributed by atoms with Crippen molar-refractivity contribution in [3.63, 3.8) is 0 Å². The van der Waals surface area contributed by atoms with E-state index in [4.69, 9.17) is 10.8 Å². The summed E-state index contributed by atoms with van der Waals surface area (Å²) in [6, 6.07) is 0. The number of carboxylic acid groups (broad SMARTS) is 1. The van der Waals surface area contributed by atoms with Gasteiger partial charge in [0, 0.05) is 0 Å². The summed E-state index contributed by atoms with van der Waals surface area (Å²) in [7, 11) is -4.08. The van der Waals surface area contributed by atoms with Crippen molar-refractivity contribution < 1.29 is 32.6 Å². The van der Waals surface area contributed by atoms with Gasteiger partial charge in [-0.1, -0.05) is 0 Å². The normalized spacial score (nSPS) is 11.3. The van der Waals surface area contributed by atoms with E-state index in [1.54, 1.807) is 6.92 Å². The van der Waals surface area contributed by atoms with Crippen LogP contribution >= 0.6 is 0 Å². The molecule has 0 aliphatic heterocycles. The molecule has 0 spiro atoms. The molecule has 0 fully saturated rings. The summed E-state index contributed by atoms with van der Waals surface area (Å²) in [5, 5.41) is 8.57. The third-order valence-corrected chi connectivity index (χ3v) is 3.67. The lowest BCUT2D eigenvalue weighted by Gasteiger charge is -2.18. The summed E-state index contributed by atoms with van der Waals surface area (Å²) in [6.45, 7) is 0.0286. The minimum absolute atomic E-state index is 0.110. The number of hydrogen-bond acceptors (Lipinski definition) is 6. The highest BCUT2D eigenvalue weighted by molar-refractivity contribution is 7.89. The maximum Gasteiger partial charge on any atom is 0.318 e. The first-order chi connectivity index (χ1) is 8.69. The van der Waals surface area contributed by atoms with Crippen molar-refractivity contribution in [2.75, 3.05) is 25.4 Å². The molecule has 0 aliphatic rings. The third-order valence-electron chi connectivity index (χ3n) is 1.91. The van der Waals surface area contributed by atoms with Crippen LogP contribution < -0.4 is 5.73 Å². The average Bonchev–Trinajstić information content (AvgIpc) is 2.25. The minimum Gasteiger partial charge on any atom is -0.480 e. The number of ether oxygens (including phenoxy) is 1. The number of primary amides is 1. The summed E-state index contributed by atoms with van der Waals surface area (Å²) in [6.07, 6.45) is -0.426. The SMILES string of the molecule is CCOC(=O)CCS(=O)(=O)N(CC(N)=O)CC(=O)O. The summed E-state index contributed by atoms with van der Waals surface area (Å²) < 4.78 is 28.5. The van der Waals surface area contributed by atoms with Crippen LogP contribution in [0.2, 0.25) is 0 Å². The number of amides is 1. The van der Waals surface area contributed by atoms with E-state index in [-0.39, 0.29) is 6.61 Å². The van der Waals surface area contributed by atoms with E-state index < -0.39 is 53.1 Å². The molecule has 3 N–H and O–H groups in total. The molecule has 0 saturated carbocycles. The number of sulfonamides is 1. The number of carbonyl (C=O) groups is 3. The van der Waals surface area contributed by atoms with Crippen molar-refractivity contribution in [2.45, 2.75) is 13.3 Å². The Kier molecular flexibility index (Phi) is 7.01. The molecule has 110 valence electrons. The largest absolute Gasteiger partial charge is 0.480 e.